The fourth-order valence-electron chi connectivity index (χ4n) is 3.79. The first-order valence-electron chi connectivity index (χ1n) is 9.46. The van der Waals surface area contributed by atoms with Gasteiger partial charge in [0.15, 0.2) is 0 Å². The lowest BCUT2D eigenvalue weighted by atomic mass is 10.1. The molecule has 0 saturated heterocycles. The molecule has 2 aliphatic rings. The van der Waals surface area contributed by atoms with Crippen LogP contribution in [0, 0.1) is 0 Å². The van der Waals surface area contributed by atoms with Crippen LogP contribution in [0.4, 0.5) is 0 Å². The highest BCUT2D eigenvalue weighted by Crippen LogP contribution is 2.50. The molecule has 2 heteroatoms. The molecule has 0 bridgehead atoms. The Balaban J connectivity index is 1.67. The molecule has 0 N–H and O–H groups in total. The van der Waals surface area contributed by atoms with Gasteiger partial charge < -0.3 is 0 Å². The lowest BCUT2D eigenvalue weighted by Crippen LogP contribution is -2.02. The zero-order valence-corrected chi connectivity index (χ0v) is 15.5. The van der Waals surface area contributed by atoms with Crippen molar-refractivity contribution in [3.05, 3.63) is 0 Å². The van der Waals surface area contributed by atoms with Crippen LogP contribution in [0.3, 0.4) is 0 Å². The standard InChI is InChI=1S/C18H36P2/c1-2-6-10-14-17(13-9-5-1)19-20-18-15-11-7-3-4-8-12-16-18/h17-20H,1-16H2. The minimum Gasteiger partial charge on any atom is -0.0958 e. The van der Waals surface area contributed by atoms with Crippen molar-refractivity contribution in [2.45, 2.75) is 114 Å². The van der Waals surface area contributed by atoms with Crippen molar-refractivity contribution in [3.8, 4) is 0 Å². The number of hydrogen-bond acceptors (Lipinski definition) is 0. The smallest absolute Gasteiger partial charge is 0.0200 e. The molecule has 0 aliphatic heterocycles. The Bertz CT molecular complexity index is 185. The summed E-state index contributed by atoms with van der Waals surface area (Å²) in [6.07, 6.45) is 24.6. The summed E-state index contributed by atoms with van der Waals surface area (Å²) in [5.74, 6) is 0. The van der Waals surface area contributed by atoms with Gasteiger partial charge in [0.05, 0.1) is 0 Å². The van der Waals surface area contributed by atoms with Crippen molar-refractivity contribution in [2.75, 3.05) is 0 Å². The first-order valence-corrected chi connectivity index (χ1v) is 12.6. The normalized spacial score (nSPS) is 27.0. The van der Waals surface area contributed by atoms with E-state index in [4.69, 9.17) is 0 Å². The third-order valence-corrected chi connectivity index (χ3v) is 10.3. The molecule has 2 aliphatic carbocycles. The molecule has 0 amide bonds. The lowest BCUT2D eigenvalue weighted by molar-refractivity contribution is 0.624. The molecule has 118 valence electrons. The quantitative estimate of drug-likeness (QED) is 0.481. The lowest BCUT2D eigenvalue weighted by Gasteiger charge is -2.21. The third kappa shape index (κ3) is 7.75. The van der Waals surface area contributed by atoms with Crippen LogP contribution in [0.15, 0.2) is 0 Å². The second-order valence-electron chi connectivity index (χ2n) is 7.08. The van der Waals surface area contributed by atoms with Gasteiger partial charge in [-0.25, -0.2) is 0 Å². The first kappa shape index (κ1) is 17.2. The van der Waals surface area contributed by atoms with Gasteiger partial charge in [0.1, 0.15) is 0 Å². The van der Waals surface area contributed by atoms with Crippen molar-refractivity contribution in [1.82, 2.24) is 0 Å². The third-order valence-electron chi connectivity index (χ3n) is 5.20. The summed E-state index contributed by atoms with van der Waals surface area (Å²) < 4.78 is 0. The van der Waals surface area contributed by atoms with Crippen molar-refractivity contribution >= 4 is 16.5 Å². The van der Waals surface area contributed by atoms with Gasteiger partial charge in [0, 0.05) is 0 Å². The van der Waals surface area contributed by atoms with Crippen molar-refractivity contribution < 1.29 is 0 Å². The summed E-state index contributed by atoms with van der Waals surface area (Å²) >= 11 is 0. The molecule has 0 nitrogen and oxygen atoms in total. The fourth-order valence-corrected chi connectivity index (χ4v) is 8.80. The highest BCUT2D eigenvalue weighted by Gasteiger charge is 2.15. The van der Waals surface area contributed by atoms with Crippen LogP contribution in [0.1, 0.15) is 103 Å². The second kappa shape index (κ2) is 11.4. The van der Waals surface area contributed by atoms with Crippen molar-refractivity contribution in [1.29, 1.82) is 0 Å². The molecular weight excluding hydrogens is 278 g/mol. The Morgan fingerprint density at radius 2 is 0.600 bits per heavy atom. The molecule has 2 unspecified atom stereocenters. The highest BCUT2D eigenvalue weighted by atomic mass is 32.0. The van der Waals surface area contributed by atoms with Crippen LogP contribution in [0.2, 0.25) is 0 Å². The number of hydrogen-bond donors (Lipinski definition) is 0. The van der Waals surface area contributed by atoms with Gasteiger partial charge in [0.25, 0.3) is 0 Å². The molecule has 2 atom stereocenters. The van der Waals surface area contributed by atoms with Crippen LogP contribution in [-0.2, 0) is 0 Å². The van der Waals surface area contributed by atoms with Crippen molar-refractivity contribution in [3.63, 3.8) is 0 Å². The van der Waals surface area contributed by atoms with E-state index in [0.717, 1.165) is 11.3 Å². The molecule has 2 rings (SSSR count). The topological polar surface area (TPSA) is 0 Å². The second-order valence-corrected chi connectivity index (χ2v) is 11.0. The summed E-state index contributed by atoms with van der Waals surface area (Å²) in [5, 5.41) is 0. The average molecular weight is 314 g/mol. The molecule has 0 aromatic carbocycles. The summed E-state index contributed by atoms with van der Waals surface area (Å²) in [6.45, 7) is 0. The molecule has 2 saturated carbocycles. The largest absolute Gasteiger partial charge is 0.0958 e. The predicted molar refractivity (Wildman–Crippen MR) is 98.1 cm³/mol. The Kier molecular flexibility index (Phi) is 9.84. The minimum atomic E-state index is 1.12. The summed E-state index contributed by atoms with van der Waals surface area (Å²) in [5.41, 5.74) is 2.25. The van der Waals surface area contributed by atoms with Crippen LogP contribution >= 0.6 is 16.5 Å². The molecule has 0 aromatic rings. The van der Waals surface area contributed by atoms with Crippen LogP contribution in [-0.4, -0.2) is 11.3 Å². The van der Waals surface area contributed by atoms with E-state index in [-0.39, 0.29) is 0 Å². The molecule has 0 spiro atoms. The molecule has 2 fully saturated rings. The van der Waals surface area contributed by atoms with Gasteiger partial charge in [-0.05, 0) is 37.0 Å². The van der Waals surface area contributed by atoms with Gasteiger partial charge in [0.2, 0.25) is 0 Å². The van der Waals surface area contributed by atoms with Crippen LogP contribution in [0.25, 0.3) is 0 Å². The van der Waals surface area contributed by atoms with E-state index >= 15 is 0 Å². The highest BCUT2D eigenvalue weighted by molar-refractivity contribution is 8.12. The SMILES string of the molecule is C1CCCCC(PPC2CCCCCCCC2)CCC1. The predicted octanol–water partition coefficient (Wildman–Crippen LogP) is 7.26. The zero-order chi connectivity index (χ0) is 13.9. The molecule has 0 heterocycles. The Morgan fingerprint density at radius 3 is 0.900 bits per heavy atom. The van der Waals surface area contributed by atoms with Gasteiger partial charge in [-0.3, -0.25) is 0 Å². The zero-order valence-electron chi connectivity index (χ0n) is 13.5. The monoisotopic (exact) mass is 314 g/mol. The molecule has 20 heavy (non-hydrogen) atoms. The summed E-state index contributed by atoms with van der Waals surface area (Å²) in [7, 11) is 2.64. The Labute approximate surface area is 131 Å². The fraction of sp³-hybridized carbons (Fsp3) is 1.00. The maximum Gasteiger partial charge on any atom is -0.0200 e. The van der Waals surface area contributed by atoms with E-state index in [1.165, 1.54) is 93.6 Å². The van der Waals surface area contributed by atoms with Gasteiger partial charge in [-0.2, -0.15) is 0 Å². The summed E-state index contributed by atoms with van der Waals surface area (Å²) in [6, 6.07) is 0. The summed E-state index contributed by atoms with van der Waals surface area (Å²) in [4.78, 5) is 0. The van der Waals surface area contributed by atoms with Crippen LogP contribution in [0.5, 0.6) is 0 Å². The average Bonchev–Trinajstić information content (AvgIpc) is 2.68. The van der Waals surface area contributed by atoms with Crippen LogP contribution < -0.4 is 0 Å². The minimum absolute atomic E-state index is 1.12. The Morgan fingerprint density at radius 1 is 0.350 bits per heavy atom. The van der Waals surface area contributed by atoms with E-state index in [1.54, 1.807) is 25.7 Å². The molecule has 0 aromatic heterocycles. The van der Waals surface area contributed by atoms with E-state index in [9.17, 15) is 0 Å². The maximum absolute atomic E-state index is 1.57. The molecular formula is C18H36P2. The maximum atomic E-state index is 1.57. The first-order chi connectivity index (χ1) is 9.95. The van der Waals surface area contributed by atoms with E-state index in [2.05, 4.69) is 0 Å². The van der Waals surface area contributed by atoms with Crippen molar-refractivity contribution in [2.24, 2.45) is 0 Å². The number of rotatable bonds is 3. The van der Waals surface area contributed by atoms with E-state index < -0.39 is 0 Å². The Hall–Kier alpha value is 0.860. The molecule has 0 radical (unpaired) electrons. The van der Waals surface area contributed by atoms with Gasteiger partial charge in [-0.15, -0.1) is 0 Å². The van der Waals surface area contributed by atoms with Gasteiger partial charge in [-0.1, -0.05) is 93.6 Å². The van der Waals surface area contributed by atoms with Gasteiger partial charge >= 0.3 is 0 Å². The van der Waals surface area contributed by atoms with E-state index in [1.807, 2.05) is 0 Å². The van der Waals surface area contributed by atoms with E-state index in [0.29, 0.717) is 0 Å².